The van der Waals surface area contributed by atoms with Crippen LogP contribution in [0.1, 0.15) is 32.3 Å². The Hall–Kier alpha value is -1.70. The molecule has 6 nitrogen and oxygen atoms in total. The molecule has 28 heavy (non-hydrogen) atoms. The zero-order valence-corrected chi connectivity index (χ0v) is 17.2. The number of piperidine rings is 1. The maximum atomic E-state index is 14.2. The van der Waals surface area contributed by atoms with E-state index in [0.29, 0.717) is 43.3 Å². The predicted octanol–water partition coefficient (Wildman–Crippen LogP) is 1.71. The number of nitrogens with zero attached hydrogens (tertiary/aromatic N) is 3. The minimum absolute atomic E-state index is 0.144. The van der Waals surface area contributed by atoms with Gasteiger partial charge in [0.1, 0.15) is 11.6 Å². The minimum Gasteiger partial charge on any atom is -0.497 e. The third-order valence-electron chi connectivity index (χ3n) is 5.94. The molecule has 1 atom stereocenters. The second-order valence-corrected chi connectivity index (χ2v) is 8.23. The summed E-state index contributed by atoms with van der Waals surface area (Å²) in [6.45, 7) is 8.96. The number of β-amino-alcohol motifs (C(OH)–C–C–N with tert-alkyl or cyclic N) is 1. The topological polar surface area (TPSA) is 56.3 Å². The van der Waals surface area contributed by atoms with Crippen molar-refractivity contribution in [3.63, 3.8) is 0 Å². The Kier molecular flexibility index (Phi) is 6.58. The van der Waals surface area contributed by atoms with Gasteiger partial charge in [-0.15, -0.1) is 0 Å². The highest BCUT2D eigenvalue weighted by atomic mass is 19.1. The van der Waals surface area contributed by atoms with E-state index in [9.17, 15) is 14.3 Å². The smallest absolute Gasteiger partial charge is 0.256 e. The highest BCUT2D eigenvalue weighted by Gasteiger charge is 2.43. The first-order valence-corrected chi connectivity index (χ1v) is 10.1. The van der Waals surface area contributed by atoms with Crippen molar-refractivity contribution in [3.05, 3.63) is 29.6 Å². The molecule has 0 unspecified atom stereocenters. The lowest BCUT2D eigenvalue weighted by atomic mass is 9.90. The molecule has 2 fully saturated rings. The van der Waals surface area contributed by atoms with Crippen molar-refractivity contribution in [3.8, 4) is 5.75 Å². The highest BCUT2D eigenvalue weighted by molar-refractivity contribution is 5.86. The van der Waals surface area contributed by atoms with Gasteiger partial charge in [0.15, 0.2) is 5.60 Å². The van der Waals surface area contributed by atoms with E-state index >= 15 is 0 Å². The van der Waals surface area contributed by atoms with Crippen molar-refractivity contribution in [1.82, 2.24) is 14.7 Å². The molecule has 7 heteroatoms. The van der Waals surface area contributed by atoms with Crippen molar-refractivity contribution >= 4 is 5.91 Å². The minimum atomic E-state index is -1.40. The third kappa shape index (κ3) is 4.64. The number of hydrogen-bond acceptors (Lipinski definition) is 5. The van der Waals surface area contributed by atoms with Crippen molar-refractivity contribution < 1.29 is 19.0 Å². The average molecular weight is 394 g/mol. The van der Waals surface area contributed by atoms with Crippen LogP contribution in [0.15, 0.2) is 18.2 Å². The van der Waals surface area contributed by atoms with E-state index in [-0.39, 0.29) is 18.3 Å². The second kappa shape index (κ2) is 8.76. The van der Waals surface area contributed by atoms with Gasteiger partial charge in [-0.1, -0.05) is 0 Å². The molecular formula is C21H32FN3O3. The van der Waals surface area contributed by atoms with Gasteiger partial charge in [0.2, 0.25) is 0 Å². The molecule has 0 aromatic heterocycles. The molecule has 2 heterocycles. The van der Waals surface area contributed by atoms with Gasteiger partial charge >= 0.3 is 0 Å². The number of methoxy groups -OCH3 is 1. The Balaban J connectivity index is 1.65. The molecule has 2 saturated heterocycles. The molecule has 0 saturated carbocycles. The fourth-order valence-corrected chi connectivity index (χ4v) is 4.18. The summed E-state index contributed by atoms with van der Waals surface area (Å²) < 4.78 is 19.3. The molecule has 2 aliphatic rings. The normalized spacial score (nSPS) is 24.8. The second-order valence-electron chi connectivity index (χ2n) is 8.23. The highest BCUT2D eigenvalue weighted by Crippen LogP contribution is 2.27. The Morgan fingerprint density at radius 2 is 1.93 bits per heavy atom. The van der Waals surface area contributed by atoms with E-state index < -0.39 is 5.60 Å². The molecule has 1 N–H and O–H groups in total. The Bertz CT molecular complexity index is 691. The zero-order valence-electron chi connectivity index (χ0n) is 17.2. The van der Waals surface area contributed by atoms with Gasteiger partial charge in [0.05, 0.1) is 7.11 Å². The van der Waals surface area contributed by atoms with Crippen molar-refractivity contribution in [2.24, 2.45) is 0 Å². The molecule has 1 aromatic rings. The summed E-state index contributed by atoms with van der Waals surface area (Å²) in [4.78, 5) is 19.2. The van der Waals surface area contributed by atoms with Crippen LogP contribution in [0.25, 0.3) is 0 Å². The number of hydrogen-bond donors (Lipinski definition) is 1. The monoisotopic (exact) mass is 393 g/mol. The van der Waals surface area contributed by atoms with Gasteiger partial charge in [0, 0.05) is 57.4 Å². The van der Waals surface area contributed by atoms with Gasteiger partial charge < -0.3 is 14.7 Å². The van der Waals surface area contributed by atoms with E-state index in [1.54, 1.807) is 17.0 Å². The average Bonchev–Trinajstić information content (AvgIpc) is 2.67. The van der Waals surface area contributed by atoms with Crippen LogP contribution in [-0.4, -0.2) is 83.7 Å². The van der Waals surface area contributed by atoms with Crippen LogP contribution in [0.2, 0.25) is 0 Å². The van der Waals surface area contributed by atoms with Crippen LogP contribution >= 0.6 is 0 Å². The summed E-state index contributed by atoms with van der Waals surface area (Å²) in [6.07, 6.45) is 1.16. The molecule has 0 aliphatic carbocycles. The van der Waals surface area contributed by atoms with Gasteiger partial charge in [-0.05, 0) is 44.9 Å². The van der Waals surface area contributed by atoms with Crippen LogP contribution in [0.4, 0.5) is 4.39 Å². The van der Waals surface area contributed by atoms with Gasteiger partial charge in [-0.3, -0.25) is 14.6 Å². The van der Waals surface area contributed by atoms with E-state index in [0.717, 1.165) is 26.2 Å². The van der Waals surface area contributed by atoms with Gasteiger partial charge in [-0.25, -0.2) is 4.39 Å². The van der Waals surface area contributed by atoms with Crippen LogP contribution in [0, 0.1) is 5.82 Å². The number of carbonyl (C=O) groups excluding carboxylic acids is 1. The van der Waals surface area contributed by atoms with Gasteiger partial charge in [0.25, 0.3) is 5.91 Å². The number of amides is 1. The van der Waals surface area contributed by atoms with E-state index in [2.05, 4.69) is 23.6 Å². The lowest BCUT2D eigenvalue weighted by Gasteiger charge is -2.43. The first-order valence-electron chi connectivity index (χ1n) is 10.1. The van der Waals surface area contributed by atoms with E-state index in [1.807, 2.05) is 0 Å². The molecular weight excluding hydrogens is 361 g/mol. The lowest BCUT2D eigenvalue weighted by Crippen LogP contribution is -2.60. The summed E-state index contributed by atoms with van der Waals surface area (Å²) in [5.41, 5.74) is -0.990. The molecule has 1 aromatic carbocycles. The largest absolute Gasteiger partial charge is 0.497 e. The summed E-state index contributed by atoms with van der Waals surface area (Å²) in [5, 5.41) is 11.1. The molecule has 0 radical (unpaired) electrons. The number of carbonyl (C=O) groups is 1. The molecule has 2 aliphatic heterocycles. The quantitative estimate of drug-likeness (QED) is 0.798. The van der Waals surface area contributed by atoms with Crippen molar-refractivity contribution in [2.45, 2.75) is 44.9 Å². The molecule has 1 amide bonds. The van der Waals surface area contributed by atoms with Crippen LogP contribution in [0.3, 0.4) is 0 Å². The molecule has 3 rings (SSSR count). The fraction of sp³-hybridized carbons (Fsp3) is 0.667. The molecule has 0 spiro atoms. The lowest BCUT2D eigenvalue weighted by molar-refractivity contribution is -0.160. The summed E-state index contributed by atoms with van der Waals surface area (Å²) >= 11 is 0. The number of piperazine rings is 1. The summed E-state index contributed by atoms with van der Waals surface area (Å²) in [7, 11) is 1.53. The van der Waals surface area contributed by atoms with Crippen LogP contribution in [0.5, 0.6) is 5.75 Å². The van der Waals surface area contributed by atoms with E-state index in [1.165, 1.54) is 13.2 Å². The van der Waals surface area contributed by atoms with Crippen molar-refractivity contribution in [1.29, 1.82) is 0 Å². The maximum absolute atomic E-state index is 14.2. The van der Waals surface area contributed by atoms with Crippen molar-refractivity contribution in [2.75, 3.05) is 46.4 Å². The number of benzene rings is 1. The zero-order chi connectivity index (χ0) is 20.3. The fourth-order valence-electron chi connectivity index (χ4n) is 4.18. The Morgan fingerprint density at radius 1 is 1.21 bits per heavy atom. The Morgan fingerprint density at radius 3 is 2.57 bits per heavy atom. The standard InChI is InChI=1S/C21H32FN3O3/c1-16(2)24-11-9-23(10-12-24)15-21(27)7-4-8-25(20(21)26)14-17-13-18(28-3)5-6-19(17)22/h5-6,13,16,27H,4,7-12,14-15H2,1-3H3/t21-/m0/s1. The van der Waals surface area contributed by atoms with Crippen LogP contribution in [-0.2, 0) is 11.3 Å². The van der Waals surface area contributed by atoms with E-state index in [4.69, 9.17) is 4.74 Å². The predicted molar refractivity (Wildman–Crippen MR) is 106 cm³/mol. The number of aliphatic hydroxyl groups is 1. The first-order chi connectivity index (χ1) is 13.3. The van der Waals surface area contributed by atoms with Crippen LogP contribution < -0.4 is 4.74 Å². The molecule has 0 bridgehead atoms. The molecule has 156 valence electrons. The number of halogens is 1. The number of ether oxygens (including phenoxy) is 1. The number of rotatable bonds is 6. The Labute approximate surface area is 166 Å². The van der Waals surface area contributed by atoms with Gasteiger partial charge in [-0.2, -0.15) is 0 Å². The first kappa shape index (κ1) is 21.0. The number of likely N-dealkylation sites (tertiary alicyclic amines) is 1. The third-order valence-corrected chi connectivity index (χ3v) is 5.94. The maximum Gasteiger partial charge on any atom is 0.256 e. The summed E-state index contributed by atoms with van der Waals surface area (Å²) in [5.74, 6) is -0.112. The summed E-state index contributed by atoms with van der Waals surface area (Å²) in [6, 6.07) is 5.03. The SMILES string of the molecule is COc1ccc(F)c(CN2CCC[C@](O)(CN3CCN(C(C)C)CC3)C2=O)c1.